The van der Waals surface area contributed by atoms with Gasteiger partial charge in [-0.2, -0.15) is 5.10 Å². The lowest BCUT2D eigenvalue weighted by Gasteiger charge is -2.06. The summed E-state index contributed by atoms with van der Waals surface area (Å²) >= 11 is 0. The van der Waals surface area contributed by atoms with Crippen molar-refractivity contribution in [2.24, 2.45) is 7.05 Å². The van der Waals surface area contributed by atoms with Crippen molar-refractivity contribution in [2.45, 2.75) is 6.92 Å². The zero-order valence-electron chi connectivity index (χ0n) is 11.6. The van der Waals surface area contributed by atoms with Crippen LogP contribution in [-0.2, 0) is 7.05 Å². The van der Waals surface area contributed by atoms with E-state index in [1.165, 1.54) is 12.6 Å². The monoisotopic (exact) mass is 283 g/mol. The van der Waals surface area contributed by atoms with Gasteiger partial charge in [-0.1, -0.05) is 12.1 Å². The molecule has 0 saturated carbocycles. The van der Waals surface area contributed by atoms with Crippen LogP contribution in [0.2, 0.25) is 0 Å². The van der Waals surface area contributed by atoms with Gasteiger partial charge in [0.2, 0.25) is 0 Å². The molecule has 3 aromatic rings. The summed E-state index contributed by atoms with van der Waals surface area (Å²) in [6.07, 6.45) is 2.94. The highest BCUT2D eigenvalue weighted by Gasteiger charge is 2.14. The van der Waals surface area contributed by atoms with Gasteiger partial charge in [0.1, 0.15) is 23.4 Å². The van der Waals surface area contributed by atoms with Crippen LogP contribution in [0.5, 0.6) is 5.75 Å². The van der Waals surface area contributed by atoms with Crippen molar-refractivity contribution in [1.82, 2.24) is 14.8 Å². The summed E-state index contributed by atoms with van der Waals surface area (Å²) in [6.45, 7) is 1.71. The number of ether oxygens (including phenoxy) is 1. The van der Waals surface area contributed by atoms with E-state index in [1.54, 1.807) is 42.9 Å². The van der Waals surface area contributed by atoms with E-state index in [4.69, 9.17) is 9.15 Å². The fraction of sp³-hybridized carbons (Fsp3) is 0.133. The van der Waals surface area contributed by atoms with Gasteiger partial charge in [0.25, 0.3) is 0 Å². The van der Waals surface area contributed by atoms with Gasteiger partial charge in [-0.05, 0) is 25.1 Å². The average molecular weight is 283 g/mol. The zero-order chi connectivity index (χ0) is 14.8. The van der Waals surface area contributed by atoms with Crippen LogP contribution in [-0.4, -0.2) is 20.7 Å². The molecule has 2 aromatic heterocycles. The summed E-state index contributed by atoms with van der Waals surface area (Å²) in [5, 5.41) is 4.02. The van der Waals surface area contributed by atoms with Crippen LogP contribution in [0.15, 0.2) is 47.3 Å². The SMILES string of the molecule is Cc1occc1C(=O)Oc1cccc(-c2ncnn2C)c1. The largest absolute Gasteiger partial charge is 0.469 e. The molecule has 21 heavy (non-hydrogen) atoms. The Labute approximate surface area is 121 Å². The van der Waals surface area contributed by atoms with Crippen molar-refractivity contribution in [3.8, 4) is 17.1 Å². The molecule has 2 heterocycles. The zero-order valence-corrected chi connectivity index (χ0v) is 11.6. The number of carbonyl (C=O) groups is 1. The number of esters is 1. The molecular weight excluding hydrogens is 270 g/mol. The molecule has 0 saturated heterocycles. The normalized spacial score (nSPS) is 10.6. The Bertz CT molecular complexity index is 789. The third-order valence-corrected chi connectivity index (χ3v) is 3.09. The number of rotatable bonds is 3. The second-order valence-electron chi connectivity index (χ2n) is 4.52. The maximum atomic E-state index is 12.0. The lowest BCUT2D eigenvalue weighted by Crippen LogP contribution is -2.08. The Kier molecular flexibility index (Phi) is 3.27. The first-order valence-electron chi connectivity index (χ1n) is 6.36. The molecule has 0 N–H and O–H groups in total. The van der Waals surface area contributed by atoms with Crippen molar-refractivity contribution >= 4 is 5.97 Å². The van der Waals surface area contributed by atoms with E-state index in [-0.39, 0.29) is 0 Å². The number of aromatic nitrogens is 3. The first-order chi connectivity index (χ1) is 10.1. The van der Waals surface area contributed by atoms with Crippen molar-refractivity contribution in [1.29, 1.82) is 0 Å². The molecule has 6 heteroatoms. The first-order valence-corrected chi connectivity index (χ1v) is 6.36. The maximum absolute atomic E-state index is 12.0. The molecule has 0 fully saturated rings. The predicted octanol–water partition coefficient (Wildman–Crippen LogP) is 2.60. The van der Waals surface area contributed by atoms with Gasteiger partial charge in [-0.25, -0.2) is 14.5 Å². The average Bonchev–Trinajstić information content (AvgIpc) is 3.07. The van der Waals surface area contributed by atoms with Crippen LogP contribution in [0.4, 0.5) is 0 Å². The van der Waals surface area contributed by atoms with E-state index in [0.29, 0.717) is 22.9 Å². The quantitative estimate of drug-likeness (QED) is 0.546. The van der Waals surface area contributed by atoms with Crippen molar-refractivity contribution in [3.63, 3.8) is 0 Å². The third kappa shape index (κ3) is 2.55. The molecule has 0 aliphatic heterocycles. The summed E-state index contributed by atoms with van der Waals surface area (Å²) in [7, 11) is 1.80. The number of nitrogens with zero attached hydrogens (tertiary/aromatic N) is 3. The molecule has 0 unspecified atom stereocenters. The van der Waals surface area contributed by atoms with Gasteiger partial charge < -0.3 is 9.15 Å². The van der Waals surface area contributed by atoms with Gasteiger partial charge in [0.05, 0.1) is 6.26 Å². The third-order valence-electron chi connectivity index (χ3n) is 3.09. The minimum Gasteiger partial charge on any atom is -0.469 e. The summed E-state index contributed by atoms with van der Waals surface area (Å²) in [6, 6.07) is 8.73. The molecule has 106 valence electrons. The second kappa shape index (κ2) is 5.24. The summed E-state index contributed by atoms with van der Waals surface area (Å²) in [5.41, 5.74) is 1.24. The summed E-state index contributed by atoms with van der Waals surface area (Å²) in [4.78, 5) is 16.2. The van der Waals surface area contributed by atoms with Crippen molar-refractivity contribution in [3.05, 3.63) is 54.2 Å². The summed E-state index contributed by atoms with van der Waals surface area (Å²) < 4.78 is 12.1. The van der Waals surface area contributed by atoms with E-state index in [9.17, 15) is 4.79 Å². The highest BCUT2D eigenvalue weighted by atomic mass is 16.5. The van der Waals surface area contributed by atoms with Crippen molar-refractivity contribution in [2.75, 3.05) is 0 Å². The Morgan fingerprint density at radius 2 is 2.19 bits per heavy atom. The lowest BCUT2D eigenvalue weighted by atomic mass is 10.2. The van der Waals surface area contributed by atoms with Crippen LogP contribution < -0.4 is 4.74 Å². The highest BCUT2D eigenvalue weighted by Crippen LogP contribution is 2.22. The van der Waals surface area contributed by atoms with E-state index in [1.807, 2.05) is 6.07 Å². The lowest BCUT2D eigenvalue weighted by molar-refractivity contribution is 0.0733. The van der Waals surface area contributed by atoms with Gasteiger partial charge in [-0.3, -0.25) is 0 Å². The van der Waals surface area contributed by atoms with Gasteiger partial charge in [0, 0.05) is 12.6 Å². The van der Waals surface area contributed by atoms with E-state index >= 15 is 0 Å². The molecule has 3 rings (SSSR count). The number of hydrogen-bond acceptors (Lipinski definition) is 5. The standard InChI is InChI=1S/C15H13N3O3/c1-10-13(6-7-20-10)15(19)21-12-5-3-4-11(8-12)14-16-9-17-18(14)2/h3-9H,1-2H3. The Morgan fingerprint density at radius 1 is 1.33 bits per heavy atom. The minimum absolute atomic E-state index is 0.416. The van der Waals surface area contributed by atoms with Crippen LogP contribution in [0.1, 0.15) is 16.1 Å². The van der Waals surface area contributed by atoms with Crippen LogP contribution >= 0.6 is 0 Å². The highest BCUT2D eigenvalue weighted by molar-refractivity contribution is 5.92. The Balaban J connectivity index is 1.86. The summed E-state index contributed by atoms with van der Waals surface area (Å²) in [5.74, 6) is 1.23. The number of furan rings is 1. The molecule has 0 atom stereocenters. The van der Waals surface area contributed by atoms with Gasteiger partial charge in [0.15, 0.2) is 5.82 Å². The Hall–Kier alpha value is -2.89. The molecule has 0 amide bonds. The number of benzene rings is 1. The maximum Gasteiger partial charge on any atom is 0.347 e. The molecule has 6 nitrogen and oxygen atoms in total. The van der Waals surface area contributed by atoms with Crippen LogP contribution in [0, 0.1) is 6.92 Å². The minimum atomic E-state index is -0.448. The second-order valence-corrected chi connectivity index (χ2v) is 4.52. The molecule has 0 radical (unpaired) electrons. The first kappa shape index (κ1) is 13.1. The number of hydrogen-bond donors (Lipinski definition) is 0. The van der Waals surface area contributed by atoms with Gasteiger partial charge >= 0.3 is 5.97 Å². The van der Waals surface area contributed by atoms with E-state index in [0.717, 1.165) is 5.56 Å². The van der Waals surface area contributed by atoms with Crippen LogP contribution in [0.3, 0.4) is 0 Å². The smallest absolute Gasteiger partial charge is 0.347 e. The fourth-order valence-corrected chi connectivity index (χ4v) is 2.02. The van der Waals surface area contributed by atoms with E-state index in [2.05, 4.69) is 10.1 Å². The number of aryl methyl sites for hydroxylation is 2. The molecule has 1 aromatic carbocycles. The van der Waals surface area contributed by atoms with Crippen LogP contribution in [0.25, 0.3) is 11.4 Å². The van der Waals surface area contributed by atoms with E-state index < -0.39 is 5.97 Å². The molecule has 0 aliphatic rings. The molecule has 0 spiro atoms. The van der Waals surface area contributed by atoms with Crippen molar-refractivity contribution < 1.29 is 13.9 Å². The topological polar surface area (TPSA) is 70.2 Å². The molecule has 0 aliphatic carbocycles. The molecule has 0 bridgehead atoms. The number of carbonyl (C=O) groups excluding carboxylic acids is 1. The predicted molar refractivity (Wildman–Crippen MR) is 74.8 cm³/mol. The van der Waals surface area contributed by atoms with Gasteiger partial charge in [-0.15, -0.1) is 0 Å². The Morgan fingerprint density at radius 3 is 2.86 bits per heavy atom. The fourth-order valence-electron chi connectivity index (χ4n) is 2.02. The molecular formula is C15H13N3O3.